The summed E-state index contributed by atoms with van der Waals surface area (Å²) >= 11 is 0. The van der Waals surface area contributed by atoms with E-state index in [2.05, 4.69) is 5.16 Å². The first-order valence-electron chi connectivity index (χ1n) is 6.06. The molecule has 1 aromatic rings. The Bertz CT molecular complexity index is 406. The molecule has 1 saturated heterocycles. The third-order valence-electron chi connectivity index (χ3n) is 3.04. The lowest BCUT2D eigenvalue weighted by molar-refractivity contribution is -0.132. The number of carbonyl (C=O) groups is 1. The molecule has 2 N–H and O–H groups in total. The zero-order valence-electron chi connectivity index (χ0n) is 10.8. The van der Waals surface area contributed by atoms with E-state index in [4.69, 9.17) is 10.3 Å². The summed E-state index contributed by atoms with van der Waals surface area (Å²) in [6, 6.07) is 1.85. The van der Waals surface area contributed by atoms with Gasteiger partial charge in [-0.2, -0.15) is 0 Å². The van der Waals surface area contributed by atoms with Crippen LogP contribution in [0.2, 0.25) is 0 Å². The van der Waals surface area contributed by atoms with Crippen molar-refractivity contribution in [1.29, 1.82) is 0 Å². The fourth-order valence-electron chi connectivity index (χ4n) is 2.29. The summed E-state index contributed by atoms with van der Waals surface area (Å²) in [7, 11) is 0. The Morgan fingerprint density at radius 1 is 1.72 bits per heavy atom. The van der Waals surface area contributed by atoms with Gasteiger partial charge in [-0.1, -0.05) is 5.16 Å². The average Bonchev–Trinajstić information content (AvgIpc) is 2.83. The fraction of sp³-hybridized carbons (Fsp3) is 0.667. The van der Waals surface area contributed by atoms with Gasteiger partial charge in [-0.15, -0.1) is 12.4 Å². The Hall–Kier alpha value is -1.07. The van der Waals surface area contributed by atoms with Crippen LogP contribution < -0.4 is 5.73 Å². The highest BCUT2D eigenvalue weighted by atomic mass is 35.5. The van der Waals surface area contributed by atoms with Gasteiger partial charge in [0.15, 0.2) is 5.76 Å². The number of rotatable bonds is 3. The van der Waals surface area contributed by atoms with Crippen LogP contribution in [0.1, 0.15) is 43.7 Å². The van der Waals surface area contributed by atoms with E-state index in [0.29, 0.717) is 6.42 Å². The van der Waals surface area contributed by atoms with Crippen molar-refractivity contribution >= 4 is 18.3 Å². The Balaban J connectivity index is 0.00000162. The predicted octanol–water partition coefficient (Wildman–Crippen LogP) is 1.81. The van der Waals surface area contributed by atoms with Crippen LogP contribution in [-0.4, -0.2) is 28.6 Å². The lowest BCUT2D eigenvalue weighted by Crippen LogP contribution is -2.34. The molecule has 1 aliphatic heterocycles. The SMILES string of the molecule is Cc1cc(C2CCCN2C(=O)CC(C)N)on1.Cl. The Morgan fingerprint density at radius 2 is 2.44 bits per heavy atom. The van der Waals surface area contributed by atoms with Gasteiger partial charge in [0, 0.05) is 25.1 Å². The maximum atomic E-state index is 12.0. The molecular weight excluding hydrogens is 254 g/mol. The summed E-state index contributed by atoms with van der Waals surface area (Å²) in [5.74, 6) is 0.898. The second kappa shape index (κ2) is 6.20. The van der Waals surface area contributed by atoms with Crippen LogP contribution in [0.4, 0.5) is 0 Å². The smallest absolute Gasteiger partial charge is 0.224 e. The van der Waals surface area contributed by atoms with Crippen molar-refractivity contribution < 1.29 is 9.32 Å². The Morgan fingerprint density at radius 3 is 3.00 bits per heavy atom. The normalized spacial score (nSPS) is 20.6. The van der Waals surface area contributed by atoms with Crippen LogP contribution in [-0.2, 0) is 4.79 Å². The standard InChI is InChI=1S/C12H19N3O2.ClH/c1-8(13)6-12(16)15-5-3-4-10(15)11-7-9(2)14-17-11;/h7-8,10H,3-6,13H2,1-2H3;1H. The lowest BCUT2D eigenvalue weighted by atomic mass is 10.1. The maximum absolute atomic E-state index is 12.0. The molecule has 0 radical (unpaired) electrons. The van der Waals surface area contributed by atoms with Crippen molar-refractivity contribution in [3.8, 4) is 0 Å². The number of likely N-dealkylation sites (tertiary alicyclic amines) is 1. The number of aromatic nitrogens is 1. The van der Waals surface area contributed by atoms with E-state index in [9.17, 15) is 4.79 Å². The van der Waals surface area contributed by atoms with E-state index in [1.54, 1.807) is 0 Å². The van der Waals surface area contributed by atoms with Crippen molar-refractivity contribution in [1.82, 2.24) is 10.1 Å². The molecule has 2 atom stereocenters. The Labute approximate surface area is 113 Å². The van der Waals surface area contributed by atoms with Gasteiger partial charge < -0.3 is 15.2 Å². The zero-order valence-corrected chi connectivity index (χ0v) is 11.6. The fourth-order valence-corrected chi connectivity index (χ4v) is 2.29. The number of hydrogen-bond acceptors (Lipinski definition) is 4. The van der Waals surface area contributed by atoms with Crippen LogP contribution >= 0.6 is 12.4 Å². The second-order valence-corrected chi connectivity index (χ2v) is 4.80. The van der Waals surface area contributed by atoms with Crippen LogP contribution in [0.3, 0.4) is 0 Å². The van der Waals surface area contributed by atoms with Crippen molar-refractivity contribution in [3.05, 3.63) is 17.5 Å². The molecule has 2 unspecified atom stereocenters. The molecular formula is C12H20ClN3O2. The summed E-state index contributed by atoms with van der Waals surface area (Å²) < 4.78 is 5.26. The first kappa shape index (κ1) is 15.0. The van der Waals surface area contributed by atoms with E-state index in [1.165, 1.54) is 0 Å². The highest BCUT2D eigenvalue weighted by molar-refractivity contribution is 5.85. The zero-order chi connectivity index (χ0) is 12.4. The summed E-state index contributed by atoms with van der Waals surface area (Å²) in [6.45, 7) is 4.52. The van der Waals surface area contributed by atoms with Gasteiger partial charge >= 0.3 is 0 Å². The molecule has 0 saturated carbocycles. The number of carbonyl (C=O) groups excluding carboxylic acids is 1. The first-order valence-corrected chi connectivity index (χ1v) is 6.06. The van der Waals surface area contributed by atoms with Gasteiger partial charge in [-0.05, 0) is 26.7 Å². The quantitative estimate of drug-likeness (QED) is 0.912. The third kappa shape index (κ3) is 3.23. The van der Waals surface area contributed by atoms with E-state index in [1.807, 2.05) is 24.8 Å². The van der Waals surface area contributed by atoms with Crippen molar-refractivity contribution in [2.24, 2.45) is 5.73 Å². The summed E-state index contributed by atoms with van der Waals surface area (Å²) in [5.41, 5.74) is 6.52. The minimum atomic E-state index is -0.0970. The number of halogens is 1. The molecule has 6 heteroatoms. The topological polar surface area (TPSA) is 72.4 Å². The molecule has 5 nitrogen and oxygen atoms in total. The maximum Gasteiger partial charge on any atom is 0.224 e. The van der Waals surface area contributed by atoms with E-state index in [0.717, 1.165) is 30.8 Å². The minimum Gasteiger partial charge on any atom is -0.359 e. The van der Waals surface area contributed by atoms with E-state index < -0.39 is 0 Å². The molecule has 18 heavy (non-hydrogen) atoms. The molecule has 2 rings (SSSR count). The molecule has 1 aromatic heterocycles. The highest BCUT2D eigenvalue weighted by Crippen LogP contribution is 2.32. The molecule has 1 amide bonds. The number of nitrogens with two attached hydrogens (primary N) is 1. The third-order valence-corrected chi connectivity index (χ3v) is 3.04. The van der Waals surface area contributed by atoms with Gasteiger partial charge in [0.2, 0.25) is 5.91 Å². The molecule has 102 valence electrons. The van der Waals surface area contributed by atoms with E-state index >= 15 is 0 Å². The van der Waals surface area contributed by atoms with E-state index in [-0.39, 0.29) is 30.4 Å². The molecule has 0 bridgehead atoms. The van der Waals surface area contributed by atoms with Gasteiger partial charge in [0.25, 0.3) is 0 Å². The van der Waals surface area contributed by atoms with Crippen LogP contribution in [0, 0.1) is 6.92 Å². The van der Waals surface area contributed by atoms with Gasteiger partial charge in [-0.25, -0.2) is 0 Å². The lowest BCUT2D eigenvalue weighted by Gasteiger charge is -2.23. The number of aryl methyl sites for hydroxylation is 1. The monoisotopic (exact) mass is 273 g/mol. The van der Waals surface area contributed by atoms with Crippen molar-refractivity contribution in [2.45, 2.75) is 45.2 Å². The number of hydrogen-bond donors (Lipinski definition) is 1. The van der Waals surface area contributed by atoms with Gasteiger partial charge in [-0.3, -0.25) is 4.79 Å². The molecule has 1 aliphatic rings. The summed E-state index contributed by atoms with van der Waals surface area (Å²) in [4.78, 5) is 13.9. The van der Waals surface area contributed by atoms with Gasteiger partial charge in [0.05, 0.1) is 11.7 Å². The molecule has 0 aliphatic carbocycles. The van der Waals surface area contributed by atoms with Crippen LogP contribution in [0.25, 0.3) is 0 Å². The molecule has 0 spiro atoms. The van der Waals surface area contributed by atoms with Gasteiger partial charge in [0.1, 0.15) is 0 Å². The Kier molecular flexibility index (Phi) is 5.16. The summed E-state index contributed by atoms with van der Waals surface area (Å²) in [6.07, 6.45) is 2.35. The number of amides is 1. The molecule has 2 heterocycles. The summed E-state index contributed by atoms with van der Waals surface area (Å²) in [5, 5.41) is 3.88. The van der Waals surface area contributed by atoms with Crippen molar-refractivity contribution in [2.75, 3.05) is 6.54 Å². The number of nitrogens with zero attached hydrogens (tertiary/aromatic N) is 2. The average molecular weight is 274 g/mol. The van der Waals surface area contributed by atoms with Crippen molar-refractivity contribution in [3.63, 3.8) is 0 Å². The minimum absolute atomic E-state index is 0. The van der Waals surface area contributed by atoms with Crippen LogP contribution in [0.5, 0.6) is 0 Å². The molecule has 1 fully saturated rings. The molecule has 0 aromatic carbocycles. The largest absolute Gasteiger partial charge is 0.359 e. The first-order chi connectivity index (χ1) is 8.08. The highest BCUT2D eigenvalue weighted by Gasteiger charge is 2.32. The van der Waals surface area contributed by atoms with Crippen LogP contribution in [0.15, 0.2) is 10.6 Å². The second-order valence-electron chi connectivity index (χ2n) is 4.80. The predicted molar refractivity (Wildman–Crippen MR) is 70.4 cm³/mol.